The van der Waals surface area contributed by atoms with Gasteiger partial charge in [-0.1, -0.05) is 17.7 Å². The second kappa shape index (κ2) is 6.56. The van der Waals surface area contributed by atoms with Gasteiger partial charge in [0.25, 0.3) is 5.91 Å². The van der Waals surface area contributed by atoms with Crippen LogP contribution in [-0.4, -0.2) is 21.9 Å². The summed E-state index contributed by atoms with van der Waals surface area (Å²) in [4.78, 5) is 20.7. The molecule has 1 aromatic carbocycles. The summed E-state index contributed by atoms with van der Waals surface area (Å²) in [5, 5.41) is 6.06. The molecule has 5 heteroatoms. The minimum atomic E-state index is -0.251. The smallest absolute Gasteiger partial charge is 0.275 e. The number of carbonyl (C=O) groups is 1. The molecule has 0 fully saturated rings. The number of rotatable bonds is 4. The molecular weight excluding hydrogens is 276 g/mol. The molecule has 0 radical (unpaired) electrons. The molecule has 2 aromatic rings. The highest BCUT2D eigenvalue weighted by molar-refractivity contribution is 6.03. The zero-order valence-corrected chi connectivity index (χ0v) is 13.7. The summed E-state index contributed by atoms with van der Waals surface area (Å²) in [5.41, 5.74) is 4.39. The summed E-state index contributed by atoms with van der Waals surface area (Å²) < 4.78 is 0. The molecule has 1 amide bonds. The van der Waals surface area contributed by atoms with Gasteiger partial charge in [0.05, 0.1) is 12.4 Å². The van der Waals surface area contributed by atoms with E-state index in [1.54, 1.807) is 6.20 Å². The molecule has 0 unspecified atom stereocenters. The summed E-state index contributed by atoms with van der Waals surface area (Å²) >= 11 is 0. The second-order valence-electron chi connectivity index (χ2n) is 5.81. The Morgan fingerprint density at radius 2 is 1.68 bits per heavy atom. The van der Waals surface area contributed by atoms with Gasteiger partial charge in [-0.05, 0) is 45.7 Å². The molecule has 0 aliphatic carbocycles. The highest BCUT2D eigenvalue weighted by Gasteiger charge is 2.12. The fourth-order valence-electron chi connectivity index (χ4n) is 2.37. The third kappa shape index (κ3) is 3.81. The fraction of sp³-hybridized carbons (Fsp3) is 0.353. The molecule has 0 aliphatic rings. The van der Waals surface area contributed by atoms with E-state index in [0.717, 1.165) is 16.8 Å². The lowest BCUT2D eigenvalue weighted by Crippen LogP contribution is -2.17. The van der Waals surface area contributed by atoms with E-state index in [2.05, 4.69) is 20.6 Å². The summed E-state index contributed by atoms with van der Waals surface area (Å²) in [6.45, 7) is 10.0. The summed E-state index contributed by atoms with van der Waals surface area (Å²) in [7, 11) is 0. The first-order valence-electron chi connectivity index (χ1n) is 7.34. The third-order valence-corrected chi connectivity index (χ3v) is 3.24. The largest absolute Gasteiger partial charge is 0.367 e. The van der Waals surface area contributed by atoms with Crippen LogP contribution in [0.3, 0.4) is 0 Å². The monoisotopic (exact) mass is 298 g/mol. The van der Waals surface area contributed by atoms with E-state index in [-0.39, 0.29) is 11.9 Å². The molecule has 0 saturated heterocycles. The topological polar surface area (TPSA) is 66.9 Å². The normalized spacial score (nSPS) is 10.6. The number of hydrogen-bond acceptors (Lipinski definition) is 4. The molecule has 0 spiro atoms. The average molecular weight is 298 g/mol. The number of anilines is 2. The Bertz CT molecular complexity index is 655. The van der Waals surface area contributed by atoms with Gasteiger partial charge in [-0.15, -0.1) is 0 Å². The first kappa shape index (κ1) is 15.9. The molecular formula is C17H22N4O. The van der Waals surface area contributed by atoms with Crippen molar-refractivity contribution in [2.24, 2.45) is 0 Å². The van der Waals surface area contributed by atoms with E-state index in [1.165, 1.54) is 11.8 Å². The molecule has 0 bridgehead atoms. The van der Waals surface area contributed by atoms with Crippen molar-refractivity contribution in [2.75, 3.05) is 10.6 Å². The van der Waals surface area contributed by atoms with E-state index < -0.39 is 0 Å². The van der Waals surface area contributed by atoms with E-state index >= 15 is 0 Å². The van der Waals surface area contributed by atoms with Gasteiger partial charge >= 0.3 is 0 Å². The molecule has 0 atom stereocenters. The van der Waals surface area contributed by atoms with Crippen molar-refractivity contribution in [3.8, 4) is 0 Å². The lowest BCUT2D eigenvalue weighted by molar-refractivity contribution is 0.102. The molecule has 2 N–H and O–H groups in total. The van der Waals surface area contributed by atoms with Crippen LogP contribution in [0.2, 0.25) is 0 Å². The molecule has 2 rings (SSSR count). The van der Waals surface area contributed by atoms with Crippen molar-refractivity contribution in [1.29, 1.82) is 0 Å². The molecule has 1 aromatic heterocycles. The van der Waals surface area contributed by atoms with Gasteiger partial charge in [-0.25, -0.2) is 9.97 Å². The third-order valence-electron chi connectivity index (χ3n) is 3.24. The lowest BCUT2D eigenvalue weighted by Gasteiger charge is -2.13. The van der Waals surface area contributed by atoms with Crippen LogP contribution in [0.25, 0.3) is 0 Å². The Kier molecular flexibility index (Phi) is 4.75. The number of hydrogen-bond donors (Lipinski definition) is 2. The van der Waals surface area contributed by atoms with Crippen molar-refractivity contribution < 1.29 is 4.79 Å². The minimum absolute atomic E-state index is 0.251. The van der Waals surface area contributed by atoms with E-state index in [4.69, 9.17) is 0 Å². The second-order valence-corrected chi connectivity index (χ2v) is 5.81. The molecule has 0 saturated carbocycles. The number of carbonyl (C=O) groups excluding carboxylic acids is 1. The highest BCUT2D eigenvalue weighted by atomic mass is 16.1. The summed E-state index contributed by atoms with van der Waals surface area (Å²) in [5.74, 6) is 0.410. The van der Waals surface area contributed by atoms with Gasteiger partial charge in [0.15, 0.2) is 0 Å². The Morgan fingerprint density at radius 1 is 1.05 bits per heavy atom. The maximum atomic E-state index is 12.3. The number of nitrogens with zero attached hydrogens (tertiary/aromatic N) is 2. The van der Waals surface area contributed by atoms with Crippen molar-refractivity contribution in [1.82, 2.24) is 9.97 Å². The number of aromatic nitrogens is 2. The zero-order chi connectivity index (χ0) is 16.3. The SMILES string of the molecule is Cc1cc(C)c(NC(=O)c2cnc(NC(C)C)cn2)c(C)c1. The molecule has 1 heterocycles. The molecule has 22 heavy (non-hydrogen) atoms. The van der Waals surface area contributed by atoms with Crippen LogP contribution in [0, 0.1) is 20.8 Å². The quantitative estimate of drug-likeness (QED) is 0.907. The van der Waals surface area contributed by atoms with Gasteiger partial charge in [0.2, 0.25) is 0 Å². The minimum Gasteiger partial charge on any atom is -0.367 e. The molecule has 5 nitrogen and oxygen atoms in total. The van der Waals surface area contributed by atoms with Crippen molar-refractivity contribution in [3.63, 3.8) is 0 Å². The van der Waals surface area contributed by atoms with Gasteiger partial charge in [-0.3, -0.25) is 4.79 Å². The summed E-state index contributed by atoms with van der Waals surface area (Å²) in [6, 6.07) is 4.36. The maximum absolute atomic E-state index is 12.3. The Hall–Kier alpha value is -2.43. The number of nitrogens with one attached hydrogen (secondary N) is 2. The van der Waals surface area contributed by atoms with Crippen molar-refractivity contribution in [2.45, 2.75) is 40.7 Å². The van der Waals surface area contributed by atoms with Gasteiger partial charge in [0, 0.05) is 11.7 Å². The predicted octanol–water partition coefficient (Wildman–Crippen LogP) is 3.47. The maximum Gasteiger partial charge on any atom is 0.275 e. The van der Waals surface area contributed by atoms with Gasteiger partial charge in [-0.2, -0.15) is 0 Å². The molecule has 116 valence electrons. The zero-order valence-electron chi connectivity index (χ0n) is 13.7. The van der Waals surface area contributed by atoms with Crippen LogP contribution in [0.15, 0.2) is 24.5 Å². The van der Waals surface area contributed by atoms with Crippen LogP contribution in [0.5, 0.6) is 0 Å². The highest BCUT2D eigenvalue weighted by Crippen LogP contribution is 2.22. The fourth-order valence-corrected chi connectivity index (χ4v) is 2.37. The number of aryl methyl sites for hydroxylation is 3. The lowest BCUT2D eigenvalue weighted by atomic mass is 10.1. The predicted molar refractivity (Wildman–Crippen MR) is 89.4 cm³/mol. The van der Waals surface area contributed by atoms with Gasteiger partial charge in [0.1, 0.15) is 11.5 Å². The van der Waals surface area contributed by atoms with Gasteiger partial charge < -0.3 is 10.6 Å². The van der Waals surface area contributed by atoms with Crippen LogP contribution >= 0.6 is 0 Å². The Balaban J connectivity index is 2.16. The van der Waals surface area contributed by atoms with Crippen LogP contribution in [0.1, 0.15) is 41.0 Å². The Morgan fingerprint density at radius 3 is 2.18 bits per heavy atom. The average Bonchev–Trinajstić information content (AvgIpc) is 2.42. The van der Waals surface area contributed by atoms with Crippen LogP contribution in [-0.2, 0) is 0 Å². The molecule has 0 aliphatic heterocycles. The number of benzene rings is 1. The van der Waals surface area contributed by atoms with Crippen molar-refractivity contribution in [3.05, 3.63) is 46.9 Å². The van der Waals surface area contributed by atoms with Crippen molar-refractivity contribution >= 4 is 17.4 Å². The standard InChI is InChI=1S/C17H22N4O/c1-10(2)20-15-9-18-14(8-19-15)17(22)21-16-12(4)6-11(3)7-13(16)5/h6-10H,1-5H3,(H,19,20)(H,21,22). The van der Waals surface area contributed by atoms with E-state index in [9.17, 15) is 4.79 Å². The number of amides is 1. The van der Waals surface area contributed by atoms with E-state index in [1.807, 2.05) is 46.8 Å². The first-order valence-corrected chi connectivity index (χ1v) is 7.34. The van der Waals surface area contributed by atoms with Crippen LogP contribution in [0.4, 0.5) is 11.5 Å². The Labute approximate surface area is 131 Å². The van der Waals surface area contributed by atoms with Crippen LogP contribution < -0.4 is 10.6 Å². The van der Waals surface area contributed by atoms with E-state index in [0.29, 0.717) is 11.5 Å². The first-order chi connectivity index (χ1) is 10.4. The summed E-state index contributed by atoms with van der Waals surface area (Å²) in [6.07, 6.45) is 3.06.